The van der Waals surface area contributed by atoms with Crippen molar-refractivity contribution < 1.29 is 18.0 Å². The van der Waals surface area contributed by atoms with Crippen molar-refractivity contribution in [3.63, 3.8) is 0 Å². The number of anilines is 1. The van der Waals surface area contributed by atoms with Gasteiger partial charge in [-0.2, -0.15) is 28.6 Å². The zero-order chi connectivity index (χ0) is 21.5. The first-order chi connectivity index (χ1) is 14.2. The zero-order valence-electron chi connectivity index (χ0n) is 15.9. The van der Waals surface area contributed by atoms with Crippen molar-refractivity contribution >= 4 is 22.5 Å². The maximum Gasteiger partial charge on any atom is 0.416 e. The van der Waals surface area contributed by atoms with Gasteiger partial charge in [-0.05, 0) is 48.9 Å². The molecule has 0 unspecified atom stereocenters. The van der Waals surface area contributed by atoms with E-state index in [1.807, 2.05) is 13.0 Å². The normalized spacial score (nSPS) is 11.6. The third-order valence-corrected chi connectivity index (χ3v) is 4.66. The van der Waals surface area contributed by atoms with Gasteiger partial charge in [-0.15, -0.1) is 0 Å². The lowest BCUT2D eigenvalue weighted by Gasteiger charge is -2.19. The fourth-order valence-electron chi connectivity index (χ4n) is 3.11. The molecule has 30 heavy (non-hydrogen) atoms. The summed E-state index contributed by atoms with van der Waals surface area (Å²) in [6.45, 7) is 1.84. The molecule has 4 rings (SSSR count). The van der Waals surface area contributed by atoms with Crippen LogP contribution in [0.5, 0.6) is 0 Å². The number of hydrogen-bond acceptors (Lipinski definition) is 5. The van der Waals surface area contributed by atoms with Crippen LogP contribution < -0.4 is 4.90 Å². The number of alkyl halides is 3. The molecule has 0 aliphatic heterocycles. The molecule has 4 aromatic rings. The number of carbonyl (C=O) groups excluding carboxylic acids is 1. The van der Waals surface area contributed by atoms with Gasteiger partial charge in [0.25, 0.3) is 5.91 Å². The monoisotopic (exact) mass is 412 g/mol. The second kappa shape index (κ2) is 7.21. The summed E-state index contributed by atoms with van der Waals surface area (Å²) >= 11 is 0. The molecule has 0 bridgehead atoms. The van der Waals surface area contributed by atoms with Gasteiger partial charge in [0.05, 0.1) is 17.3 Å². The van der Waals surface area contributed by atoms with Crippen LogP contribution in [0, 0.1) is 6.92 Å². The number of H-pyrrole nitrogens is 1. The predicted octanol–water partition coefficient (Wildman–Crippen LogP) is 4.02. The van der Waals surface area contributed by atoms with E-state index in [4.69, 9.17) is 0 Å². The zero-order valence-corrected chi connectivity index (χ0v) is 15.9. The van der Waals surface area contributed by atoms with Crippen LogP contribution in [0.2, 0.25) is 0 Å². The Bertz CT molecular complexity index is 1240. The fourth-order valence-corrected chi connectivity index (χ4v) is 3.11. The average Bonchev–Trinajstić information content (AvgIpc) is 3.26. The number of nitrogens with one attached hydrogen (secondary N) is 1. The van der Waals surface area contributed by atoms with E-state index in [1.54, 1.807) is 19.2 Å². The standard InChI is InChI=1S/C20H15F3N6O/c1-11-7-12(3-6-17(11)29(2)19(30)16-10-25-28-27-16)18-24-9-13-8-14(20(21,22)23)4-5-15(13)26-18/h3-10H,1-2H3,(H,25,27,28). The summed E-state index contributed by atoms with van der Waals surface area (Å²) in [6, 6.07) is 8.67. The first-order valence-electron chi connectivity index (χ1n) is 8.83. The molecule has 0 atom stereocenters. The van der Waals surface area contributed by atoms with E-state index in [9.17, 15) is 18.0 Å². The Morgan fingerprint density at radius 2 is 1.90 bits per heavy atom. The molecule has 1 amide bonds. The summed E-state index contributed by atoms with van der Waals surface area (Å²) in [5, 5.41) is 10.1. The molecular weight excluding hydrogens is 397 g/mol. The third kappa shape index (κ3) is 3.59. The Kier molecular flexibility index (Phi) is 4.69. The molecule has 0 spiro atoms. The molecule has 7 nitrogen and oxygen atoms in total. The van der Waals surface area contributed by atoms with Gasteiger partial charge < -0.3 is 4.90 Å². The highest BCUT2D eigenvalue weighted by Gasteiger charge is 2.30. The van der Waals surface area contributed by atoms with Crippen LogP contribution in [0.3, 0.4) is 0 Å². The van der Waals surface area contributed by atoms with E-state index in [2.05, 4.69) is 25.4 Å². The summed E-state index contributed by atoms with van der Waals surface area (Å²) in [7, 11) is 1.63. The van der Waals surface area contributed by atoms with Crippen molar-refractivity contribution in [2.24, 2.45) is 0 Å². The Morgan fingerprint density at radius 3 is 2.57 bits per heavy atom. The van der Waals surface area contributed by atoms with Crippen molar-refractivity contribution in [2.75, 3.05) is 11.9 Å². The number of aromatic nitrogens is 5. The minimum Gasteiger partial charge on any atom is -0.310 e. The average molecular weight is 412 g/mol. The van der Waals surface area contributed by atoms with Gasteiger partial charge in [0.2, 0.25) is 0 Å². The van der Waals surface area contributed by atoms with E-state index in [-0.39, 0.29) is 11.6 Å². The number of amides is 1. The molecule has 0 aliphatic carbocycles. The maximum absolute atomic E-state index is 12.9. The molecule has 1 N–H and O–H groups in total. The number of fused-ring (bicyclic) bond motifs is 1. The highest BCUT2D eigenvalue weighted by molar-refractivity contribution is 6.04. The first kappa shape index (κ1) is 19.5. The lowest BCUT2D eigenvalue weighted by atomic mass is 10.1. The van der Waals surface area contributed by atoms with Crippen LogP contribution in [0.15, 0.2) is 48.8 Å². The number of carbonyl (C=O) groups is 1. The summed E-state index contributed by atoms with van der Waals surface area (Å²) in [4.78, 5) is 22.5. The maximum atomic E-state index is 12.9. The number of nitrogens with zero attached hydrogens (tertiary/aromatic N) is 5. The second-order valence-electron chi connectivity index (χ2n) is 6.69. The van der Waals surface area contributed by atoms with Gasteiger partial charge in [-0.1, -0.05) is 0 Å². The number of halogens is 3. The van der Waals surface area contributed by atoms with E-state index in [1.165, 1.54) is 23.4 Å². The topological polar surface area (TPSA) is 87.7 Å². The molecule has 152 valence electrons. The van der Waals surface area contributed by atoms with Gasteiger partial charge in [0.1, 0.15) is 0 Å². The Labute approximate surface area is 168 Å². The summed E-state index contributed by atoms with van der Waals surface area (Å²) < 4.78 is 38.6. The Morgan fingerprint density at radius 1 is 1.10 bits per heavy atom. The van der Waals surface area contributed by atoms with E-state index in [0.717, 1.165) is 17.7 Å². The predicted molar refractivity (Wildman–Crippen MR) is 104 cm³/mol. The van der Waals surface area contributed by atoms with Crippen LogP contribution in [0.1, 0.15) is 21.6 Å². The quantitative estimate of drug-likeness (QED) is 0.549. The molecule has 2 aromatic heterocycles. The molecular formula is C20H15F3N6O. The van der Waals surface area contributed by atoms with Crippen molar-refractivity contribution in [3.05, 3.63) is 65.6 Å². The van der Waals surface area contributed by atoms with Crippen LogP contribution in [-0.4, -0.2) is 38.3 Å². The lowest BCUT2D eigenvalue weighted by Crippen LogP contribution is -2.27. The van der Waals surface area contributed by atoms with Gasteiger partial charge in [-0.3, -0.25) is 4.79 Å². The number of aryl methyl sites for hydroxylation is 1. The summed E-state index contributed by atoms with van der Waals surface area (Å²) in [6.07, 6.45) is -1.71. The van der Waals surface area contributed by atoms with Gasteiger partial charge in [0, 0.05) is 29.9 Å². The largest absolute Gasteiger partial charge is 0.416 e. The minimum atomic E-state index is -4.42. The number of benzene rings is 2. The van der Waals surface area contributed by atoms with Crippen LogP contribution in [-0.2, 0) is 6.18 Å². The SMILES string of the molecule is Cc1cc(-c2ncc3cc(C(F)(F)F)ccc3n2)ccc1N(C)C(=O)c1cn[nH]n1. The van der Waals surface area contributed by atoms with E-state index < -0.39 is 11.7 Å². The van der Waals surface area contributed by atoms with E-state index in [0.29, 0.717) is 28.0 Å². The summed E-state index contributed by atoms with van der Waals surface area (Å²) in [5.74, 6) is 0.0596. The number of rotatable bonds is 3. The Balaban J connectivity index is 1.65. The second-order valence-corrected chi connectivity index (χ2v) is 6.69. The van der Waals surface area contributed by atoms with Crippen LogP contribution in [0.25, 0.3) is 22.3 Å². The van der Waals surface area contributed by atoms with Crippen LogP contribution >= 0.6 is 0 Å². The lowest BCUT2D eigenvalue weighted by molar-refractivity contribution is -0.137. The Hall–Kier alpha value is -3.82. The number of aromatic amines is 1. The third-order valence-electron chi connectivity index (χ3n) is 4.66. The molecule has 2 heterocycles. The van der Waals surface area contributed by atoms with Crippen molar-refractivity contribution in [1.82, 2.24) is 25.4 Å². The van der Waals surface area contributed by atoms with Crippen molar-refractivity contribution in [3.8, 4) is 11.4 Å². The highest BCUT2D eigenvalue weighted by Crippen LogP contribution is 2.32. The minimum absolute atomic E-state index is 0.192. The van der Waals surface area contributed by atoms with Gasteiger partial charge in [-0.25, -0.2) is 9.97 Å². The molecule has 0 radical (unpaired) electrons. The molecule has 0 fully saturated rings. The van der Waals surface area contributed by atoms with Crippen molar-refractivity contribution in [1.29, 1.82) is 0 Å². The molecule has 10 heteroatoms. The van der Waals surface area contributed by atoms with Gasteiger partial charge >= 0.3 is 6.18 Å². The highest BCUT2D eigenvalue weighted by atomic mass is 19.4. The smallest absolute Gasteiger partial charge is 0.310 e. The number of hydrogen-bond donors (Lipinski definition) is 1. The fraction of sp³-hybridized carbons (Fsp3) is 0.150. The molecule has 0 saturated carbocycles. The van der Waals surface area contributed by atoms with Crippen molar-refractivity contribution in [2.45, 2.75) is 13.1 Å². The molecule has 2 aromatic carbocycles. The van der Waals surface area contributed by atoms with Crippen LogP contribution in [0.4, 0.5) is 18.9 Å². The summed E-state index contributed by atoms with van der Waals surface area (Å²) in [5.41, 5.74) is 2.00. The van der Waals surface area contributed by atoms with E-state index >= 15 is 0 Å². The van der Waals surface area contributed by atoms with Gasteiger partial charge in [0.15, 0.2) is 11.5 Å². The molecule has 0 saturated heterocycles. The molecule has 0 aliphatic rings. The first-order valence-corrected chi connectivity index (χ1v) is 8.83.